The zero-order valence-corrected chi connectivity index (χ0v) is 10.8. The van der Waals surface area contributed by atoms with Crippen LogP contribution < -0.4 is 0 Å². The van der Waals surface area contributed by atoms with Gasteiger partial charge in [0.2, 0.25) is 0 Å². The molecule has 7 heteroatoms. The number of rotatable bonds is 2. The van der Waals surface area contributed by atoms with Crippen molar-refractivity contribution in [3.05, 3.63) is 34.2 Å². The lowest BCUT2D eigenvalue weighted by atomic mass is 10.1. The molecule has 0 saturated carbocycles. The summed E-state index contributed by atoms with van der Waals surface area (Å²) in [6.45, 7) is 0. The van der Waals surface area contributed by atoms with Gasteiger partial charge in [0, 0.05) is 12.6 Å². The van der Waals surface area contributed by atoms with Crippen molar-refractivity contribution in [2.75, 3.05) is 0 Å². The summed E-state index contributed by atoms with van der Waals surface area (Å²) >= 11 is 3.02. The number of aromatic carboxylic acids is 1. The van der Waals surface area contributed by atoms with Gasteiger partial charge in [0.15, 0.2) is 17.3 Å². The molecule has 0 atom stereocenters. The molecule has 1 heterocycles. The Hall–Kier alpha value is -1.89. The summed E-state index contributed by atoms with van der Waals surface area (Å²) < 4.78 is 14.9. The highest BCUT2D eigenvalue weighted by molar-refractivity contribution is 9.10. The van der Waals surface area contributed by atoms with Gasteiger partial charge in [0.05, 0.1) is 10.2 Å². The summed E-state index contributed by atoms with van der Waals surface area (Å²) in [5.74, 6) is -2.44. The maximum absolute atomic E-state index is 13.4. The van der Waals surface area contributed by atoms with Crippen LogP contribution >= 0.6 is 15.9 Å². The molecule has 0 spiro atoms. The van der Waals surface area contributed by atoms with Crippen LogP contribution in [0.4, 0.5) is 4.39 Å². The van der Waals surface area contributed by atoms with Gasteiger partial charge >= 0.3 is 5.97 Å². The fourth-order valence-electron chi connectivity index (χ4n) is 1.56. The van der Waals surface area contributed by atoms with E-state index >= 15 is 0 Å². The van der Waals surface area contributed by atoms with E-state index in [4.69, 9.17) is 5.11 Å². The number of phenols is 1. The number of aryl methyl sites for hydroxylation is 1. The minimum absolute atomic E-state index is 0.128. The van der Waals surface area contributed by atoms with Crippen molar-refractivity contribution in [3.63, 3.8) is 0 Å². The smallest absolute Gasteiger partial charge is 0.356 e. The Balaban J connectivity index is 2.58. The summed E-state index contributed by atoms with van der Waals surface area (Å²) in [4.78, 5) is 10.8. The van der Waals surface area contributed by atoms with Crippen LogP contribution in [0.25, 0.3) is 11.3 Å². The molecule has 94 valence electrons. The third kappa shape index (κ3) is 2.08. The molecule has 1 aromatic carbocycles. The van der Waals surface area contributed by atoms with Crippen LogP contribution in [0, 0.1) is 5.82 Å². The largest absolute Gasteiger partial charge is 0.504 e. The van der Waals surface area contributed by atoms with Crippen molar-refractivity contribution in [1.29, 1.82) is 0 Å². The van der Waals surface area contributed by atoms with E-state index in [2.05, 4.69) is 21.0 Å². The van der Waals surface area contributed by atoms with E-state index in [1.54, 1.807) is 7.05 Å². The molecule has 0 saturated heterocycles. The van der Waals surface area contributed by atoms with E-state index in [-0.39, 0.29) is 10.2 Å². The summed E-state index contributed by atoms with van der Waals surface area (Å²) in [6, 6.07) is 3.93. The van der Waals surface area contributed by atoms with Gasteiger partial charge in [-0.1, -0.05) is 0 Å². The SMILES string of the molecule is Cn1nc(C(=O)O)cc1-c1cc(F)c(O)c(Br)c1. The standard InChI is InChI=1S/C11H8BrFN2O3/c1-15-9(4-8(14-15)11(17)18)5-2-6(12)10(16)7(13)3-5/h2-4,16H,1H3,(H,17,18). The number of hydrogen-bond donors (Lipinski definition) is 2. The minimum Gasteiger partial charge on any atom is -0.504 e. The third-order valence-electron chi connectivity index (χ3n) is 2.41. The van der Waals surface area contributed by atoms with E-state index in [1.165, 1.54) is 16.8 Å². The normalized spacial score (nSPS) is 10.6. The Bertz CT molecular complexity index is 616. The molecule has 0 aliphatic carbocycles. The molecule has 0 amide bonds. The zero-order chi connectivity index (χ0) is 13.4. The zero-order valence-electron chi connectivity index (χ0n) is 9.19. The average molecular weight is 315 g/mol. The number of halogens is 2. The maximum atomic E-state index is 13.4. The second-order valence-corrected chi connectivity index (χ2v) is 4.49. The van der Waals surface area contributed by atoms with Crippen LogP contribution in [0.15, 0.2) is 22.7 Å². The summed E-state index contributed by atoms with van der Waals surface area (Å²) in [5, 5.41) is 21.9. The number of benzene rings is 1. The highest BCUT2D eigenvalue weighted by Gasteiger charge is 2.15. The Morgan fingerprint density at radius 2 is 2.11 bits per heavy atom. The number of carboxylic acids is 1. The van der Waals surface area contributed by atoms with E-state index < -0.39 is 17.5 Å². The number of aromatic hydroxyl groups is 1. The number of carboxylic acid groups (broad SMARTS) is 1. The first-order chi connectivity index (χ1) is 8.40. The molecule has 0 bridgehead atoms. The van der Waals surface area contributed by atoms with Crippen LogP contribution in [-0.4, -0.2) is 26.0 Å². The quantitative estimate of drug-likeness (QED) is 0.892. The first-order valence-electron chi connectivity index (χ1n) is 4.86. The Kier molecular flexibility index (Phi) is 3.08. The summed E-state index contributed by atoms with van der Waals surface area (Å²) in [5.41, 5.74) is 0.726. The maximum Gasteiger partial charge on any atom is 0.356 e. The van der Waals surface area contributed by atoms with Gasteiger partial charge in [-0.05, 0) is 34.1 Å². The van der Waals surface area contributed by atoms with Crippen molar-refractivity contribution in [1.82, 2.24) is 9.78 Å². The number of hydrogen-bond acceptors (Lipinski definition) is 3. The van der Waals surface area contributed by atoms with Crippen molar-refractivity contribution >= 4 is 21.9 Å². The predicted molar refractivity (Wildman–Crippen MR) is 64.9 cm³/mol. The van der Waals surface area contributed by atoms with Crippen molar-refractivity contribution in [2.24, 2.45) is 7.05 Å². The molecule has 2 rings (SSSR count). The molecule has 0 radical (unpaired) electrons. The van der Waals surface area contributed by atoms with Gasteiger partial charge < -0.3 is 10.2 Å². The molecule has 18 heavy (non-hydrogen) atoms. The molecule has 0 aliphatic rings. The van der Waals surface area contributed by atoms with E-state index in [0.717, 1.165) is 6.07 Å². The molecule has 0 aliphatic heterocycles. The highest BCUT2D eigenvalue weighted by Crippen LogP contribution is 2.32. The van der Waals surface area contributed by atoms with Crippen LogP contribution in [0.1, 0.15) is 10.5 Å². The fraction of sp³-hybridized carbons (Fsp3) is 0.0909. The second kappa shape index (κ2) is 4.41. The lowest BCUT2D eigenvalue weighted by Crippen LogP contribution is -1.99. The fourth-order valence-corrected chi connectivity index (χ4v) is 1.99. The number of carbonyl (C=O) groups is 1. The van der Waals surface area contributed by atoms with Crippen molar-refractivity contribution < 1.29 is 19.4 Å². The average Bonchev–Trinajstić information content (AvgIpc) is 2.68. The first-order valence-corrected chi connectivity index (χ1v) is 5.65. The molecular weight excluding hydrogens is 307 g/mol. The summed E-state index contributed by atoms with van der Waals surface area (Å²) in [6.07, 6.45) is 0. The van der Waals surface area contributed by atoms with Gasteiger partial charge in [-0.3, -0.25) is 4.68 Å². The van der Waals surface area contributed by atoms with E-state index in [1.807, 2.05) is 0 Å². The van der Waals surface area contributed by atoms with Gasteiger partial charge in [0.25, 0.3) is 0 Å². The van der Waals surface area contributed by atoms with Gasteiger partial charge in [0.1, 0.15) is 0 Å². The first kappa shape index (κ1) is 12.6. The van der Waals surface area contributed by atoms with Gasteiger partial charge in [-0.25, -0.2) is 9.18 Å². The topological polar surface area (TPSA) is 75.4 Å². The Morgan fingerprint density at radius 1 is 1.44 bits per heavy atom. The Morgan fingerprint density at radius 3 is 2.61 bits per heavy atom. The minimum atomic E-state index is -1.16. The number of aromatic nitrogens is 2. The third-order valence-corrected chi connectivity index (χ3v) is 3.02. The van der Waals surface area contributed by atoms with Crippen LogP contribution in [0.2, 0.25) is 0 Å². The van der Waals surface area contributed by atoms with Gasteiger partial charge in [-0.15, -0.1) is 0 Å². The lowest BCUT2D eigenvalue weighted by Gasteiger charge is -2.05. The van der Waals surface area contributed by atoms with Crippen LogP contribution in [0.3, 0.4) is 0 Å². The van der Waals surface area contributed by atoms with E-state index in [0.29, 0.717) is 11.3 Å². The second-order valence-electron chi connectivity index (χ2n) is 3.63. The molecule has 2 N–H and O–H groups in total. The number of phenolic OH excluding ortho intramolecular Hbond substituents is 1. The van der Waals surface area contributed by atoms with Crippen molar-refractivity contribution in [3.8, 4) is 17.0 Å². The van der Waals surface area contributed by atoms with Crippen LogP contribution in [0.5, 0.6) is 5.75 Å². The molecule has 0 fully saturated rings. The van der Waals surface area contributed by atoms with Crippen LogP contribution in [-0.2, 0) is 7.05 Å². The molecule has 0 unspecified atom stereocenters. The number of nitrogens with zero attached hydrogens (tertiary/aromatic N) is 2. The monoisotopic (exact) mass is 314 g/mol. The van der Waals surface area contributed by atoms with E-state index in [9.17, 15) is 14.3 Å². The predicted octanol–water partition coefficient (Wildman–Crippen LogP) is 2.39. The van der Waals surface area contributed by atoms with Crippen molar-refractivity contribution in [2.45, 2.75) is 0 Å². The molecule has 1 aromatic heterocycles. The highest BCUT2D eigenvalue weighted by atomic mass is 79.9. The summed E-state index contributed by atoms with van der Waals surface area (Å²) in [7, 11) is 1.56. The van der Waals surface area contributed by atoms with Gasteiger partial charge in [-0.2, -0.15) is 5.10 Å². The molecule has 2 aromatic rings. The Labute approximate surface area is 110 Å². The lowest BCUT2D eigenvalue weighted by molar-refractivity contribution is 0.0689. The molecule has 5 nitrogen and oxygen atoms in total. The molecular formula is C11H8BrFN2O3.